The van der Waals surface area contributed by atoms with Crippen molar-refractivity contribution in [2.75, 3.05) is 0 Å². The summed E-state index contributed by atoms with van der Waals surface area (Å²) in [5.74, 6) is -0.571. The van der Waals surface area contributed by atoms with Gasteiger partial charge in [-0.1, -0.05) is 60.7 Å². The Balaban J connectivity index is 1.87. The van der Waals surface area contributed by atoms with Crippen LogP contribution in [0.25, 0.3) is 33.9 Å². The van der Waals surface area contributed by atoms with Gasteiger partial charge in [-0.15, -0.1) is 0 Å². The van der Waals surface area contributed by atoms with Gasteiger partial charge in [0, 0.05) is 11.1 Å². The Morgan fingerprint density at radius 3 is 1.65 bits per heavy atom. The first-order valence-corrected chi connectivity index (χ1v) is 10.0. The van der Waals surface area contributed by atoms with E-state index in [1.807, 2.05) is 51.9 Å². The molecule has 0 radical (unpaired) electrons. The lowest BCUT2D eigenvalue weighted by Gasteiger charge is -2.06. The maximum atomic E-state index is 13.6. The molecule has 2 nitrogen and oxygen atoms in total. The number of aromatic nitrogens is 2. The molecule has 4 heteroatoms. The molecule has 4 aromatic carbocycles. The van der Waals surface area contributed by atoms with E-state index in [4.69, 9.17) is 0 Å². The number of benzene rings is 4. The number of imidazole rings is 1. The Bertz CT molecular complexity index is 1200. The number of rotatable bonds is 4. The molecule has 0 aliphatic rings. The molecule has 0 saturated heterocycles. The molecule has 5 rings (SSSR count). The van der Waals surface area contributed by atoms with Gasteiger partial charge >= 0.3 is 0 Å². The summed E-state index contributed by atoms with van der Waals surface area (Å²) in [5, 5.41) is 0. The van der Waals surface area contributed by atoms with Gasteiger partial charge in [-0.25, -0.2) is 8.78 Å². The van der Waals surface area contributed by atoms with Gasteiger partial charge in [0.1, 0.15) is 23.0 Å². The summed E-state index contributed by atoms with van der Waals surface area (Å²) in [6.45, 7) is 0. The van der Waals surface area contributed by atoms with E-state index < -0.39 is 0 Å². The molecule has 1 heterocycles. The third-order valence-electron chi connectivity index (χ3n) is 5.24. The van der Waals surface area contributed by atoms with Crippen LogP contribution in [0.2, 0.25) is 0 Å². The van der Waals surface area contributed by atoms with Crippen LogP contribution in [0.4, 0.5) is 8.78 Å². The van der Waals surface area contributed by atoms with Gasteiger partial charge in [0.2, 0.25) is 0 Å². The van der Waals surface area contributed by atoms with Gasteiger partial charge in [0.05, 0.1) is 0 Å². The lowest BCUT2D eigenvalue weighted by atomic mass is 10.0. The van der Waals surface area contributed by atoms with Crippen LogP contribution in [-0.4, -0.2) is 4.57 Å². The van der Waals surface area contributed by atoms with E-state index in [0.717, 1.165) is 33.9 Å². The fraction of sp³-hybridized carbons (Fsp3) is 0. The fourth-order valence-electron chi connectivity index (χ4n) is 3.80. The molecule has 0 bridgehead atoms. The quantitative estimate of drug-likeness (QED) is 0.305. The molecule has 0 aliphatic heterocycles. The molecule has 150 valence electrons. The summed E-state index contributed by atoms with van der Waals surface area (Å²) in [4.78, 5) is 0. The third kappa shape index (κ3) is 3.64. The van der Waals surface area contributed by atoms with Crippen molar-refractivity contribution in [1.82, 2.24) is 4.57 Å². The molecule has 0 atom stereocenters. The van der Waals surface area contributed by atoms with Crippen molar-refractivity contribution in [3.05, 3.63) is 127 Å². The Kier molecular flexibility index (Phi) is 4.89. The van der Waals surface area contributed by atoms with E-state index >= 15 is 0 Å². The van der Waals surface area contributed by atoms with Gasteiger partial charge in [-0.05, 0) is 48.5 Å². The van der Waals surface area contributed by atoms with Crippen molar-refractivity contribution >= 4 is 0 Å². The maximum absolute atomic E-state index is 13.6. The first-order chi connectivity index (χ1) is 15.2. The lowest BCUT2D eigenvalue weighted by molar-refractivity contribution is -0.583. The van der Waals surface area contributed by atoms with Gasteiger partial charge in [0.25, 0.3) is 6.33 Å². The molecule has 0 unspecified atom stereocenters. The second kappa shape index (κ2) is 8.00. The number of nitrogens with zero attached hydrogens (tertiary/aromatic N) is 2. The summed E-state index contributed by atoms with van der Waals surface area (Å²) in [6.07, 6.45) is 1.96. The number of halogens is 2. The topological polar surface area (TPSA) is 8.81 Å². The molecule has 31 heavy (non-hydrogen) atoms. The molecule has 5 aromatic rings. The van der Waals surface area contributed by atoms with E-state index in [2.05, 4.69) is 24.3 Å². The van der Waals surface area contributed by atoms with E-state index in [-0.39, 0.29) is 11.6 Å². The summed E-state index contributed by atoms with van der Waals surface area (Å²) in [6, 6.07) is 33.0. The first-order valence-electron chi connectivity index (χ1n) is 10.0. The molecule has 1 aromatic heterocycles. The van der Waals surface area contributed by atoms with Crippen LogP contribution in [0.15, 0.2) is 116 Å². The first kappa shape index (κ1) is 18.9. The van der Waals surface area contributed by atoms with Gasteiger partial charge in [0.15, 0.2) is 11.4 Å². The molecular weight excluding hydrogens is 390 g/mol. The largest absolute Gasteiger partial charge is 0.255 e. The number of hydrogen-bond acceptors (Lipinski definition) is 0. The monoisotopic (exact) mass is 409 g/mol. The van der Waals surface area contributed by atoms with Crippen molar-refractivity contribution in [3.63, 3.8) is 0 Å². The zero-order chi connectivity index (χ0) is 21.2. The SMILES string of the molecule is Fc1ccc(-n2c[n+](-c3ccc(F)cc3)c(-c3ccccc3)c2-c2ccccc2)cc1. The highest BCUT2D eigenvalue weighted by Crippen LogP contribution is 2.33. The van der Waals surface area contributed by atoms with Crippen molar-refractivity contribution in [2.45, 2.75) is 0 Å². The average Bonchev–Trinajstić information content (AvgIpc) is 3.22. The highest BCUT2D eigenvalue weighted by molar-refractivity contribution is 5.78. The van der Waals surface area contributed by atoms with Crippen LogP contribution in [0.5, 0.6) is 0 Å². The Labute approximate surface area is 179 Å². The predicted octanol–water partition coefficient (Wildman–Crippen LogP) is 6.37. The standard InChI is InChI=1S/C27H19F2N2/c28-22-11-15-24(16-12-22)30-19-31(25-17-13-23(29)14-18-25)27(21-9-5-2-6-10-21)26(30)20-7-3-1-4-8-20/h1-19H/q+1. The molecular formula is C27H19F2N2+. The van der Waals surface area contributed by atoms with Crippen molar-refractivity contribution in [1.29, 1.82) is 0 Å². The van der Waals surface area contributed by atoms with Crippen LogP contribution in [0, 0.1) is 11.6 Å². The Hall–Kier alpha value is -4.05. The third-order valence-corrected chi connectivity index (χ3v) is 5.24. The Morgan fingerprint density at radius 2 is 1.06 bits per heavy atom. The van der Waals surface area contributed by atoms with E-state index in [9.17, 15) is 8.78 Å². The van der Waals surface area contributed by atoms with Gasteiger partial charge < -0.3 is 0 Å². The van der Waals surface area contributed by atoms with E-state index in [0.29, 0.717) is 0 Å². The summed E-state index contributed by atoms with van der Waals surface area (Å²) in [7, 11) is 0. The second-order valence-electron chi connectivity index (χ2n) is 7.24. The predicted molar refractivity (Wildman–Crippen MR) is 118 cm³/mol. The smallest absolute Gasteiger partial charge is 0.207 e. The maximum Gasteiger partial charge on any atom is 0.255 e. The lowest BCUT2D eigenvalue weighted by Crippen LogP contribution is -2.30. The van der Waals surface area contributed by atoms with Crippen LogP contribution in [0.1, 0.15) is 0 Å². The highest BCUT2D eigenvalue weighted by atomic mass is 19.1. The van der Waals surface area contributed by atoms with Crippen LogP contribution >= 0.6 is 0 Å². The van der Waals surface area contributed by atoms with Gasteiger partial charge in [-0.3, -0.25) is 0 Å². The van der Waals surface area contributed by atoms with Crippen LogP contribution in [-0.2, 0) is 0 Å². The zero-order valence-electron chi connectivity index (χ0n) is 16.6. The fourth-order valence-corrected chi connectivity index (χ4v) is 3.80. The normalized spacial score (nSPS) is 10.9. The van der Waals surface area contributed by atoms with E-state index in [1.165, 1.54) is 24.3 Å². The molecule has 0 fully saturated rings. The zero-order valence-corrected chi connectivity index (χ0v) is 16.6. The molecule has 0 amide bonds. The Morgan fingerprint density at radius 1 is 0.548 bits per heavy atom. The molecule has 0 spiro atoms. The van der Waals surface area contributed by atoms with Crippen molar-refractivity contribution in [2.24, 2.45) is 0 Å². The minimum absolute atomic E-state index is 0.285. The molecule has 0 aliphatic carbocycles. The summed E-state index contributed by atoms with van der Waals surface area (Å²) >= 11 is 0. The summed E-state index contributed by atoms with van der Waals surface area (Å²) < 4.78 is 31.3. The van der Waals surface area contributed by atoms with Crippen molar-refractivity contribution in [3.8, 4) is 33.9 Å². The van der Waals surface area contributed by atoms with Gasteiger partial charge in [-0.2, -0.15) is 9.13 Å². The minimum atomic E-state index is -0.285. The second-order valence-corrected chi connectivity index (χ2v) is 7.24. The minimum Gasteiger partial charge on any atom is -0.207 e. The average molecular weight is 409 g/mol. The van der Waals surface area contributed by atoms with Crippen molar-refractivity contribution < 1.29 is 13.3 Å². The summed E-state index contributed by atoms with van der Waals surface area (Å²) in [5.41, 5.74) is 5.63. The molecule has 0 saturated carbocycles. The molecule has 0 N–H and O–H groups in total. The number of hydrogen-bond donors (Lipinski definition) is 0. The van der Waals surface area contributed by atoms with Crippen LogP contribution < -0.4 is 4.57 Å². The van der Waals surface area contributed by atoms with Crippen LogP contribution in [0.3, 0.4) is 0 Å². The highest BCUT2D eigenvalue weighted by Gasteiger charge is 2.28. The van der Waals surface area contributed by atoms with E-state index in [1.54, 1.807) is 24.3 Å².